The maximum Gasteiger partial charge on any atom is 0.228 e. The number of hydrogen-bond acceptors (Lipinski definition) is 2. The minimum absolute atomic E-state index is 0.741. The molecule has 0 heterocycles. The maximum atomic E-state index is 7.91. The molecule has 0 amide bonds. The summed E-state index contributed by atoms with van der Waals surface area (Å²) in [5, 5.41) is 15.8. The van der Waals surface area contributed by atoms with Gasteiger partial charge in [-0.1, -0.05) is 0 Å². The van der Waals surface area contributed by atoms with E-state index in [0.717, 1.165) is 0 Å². The molecular weight excluding hydrogens is 80.0 g/mol. The topological polar surface area (TPSA) is 40.5 Å². The summed E-state index contributed by atoms with van der Waals surface area (Å²) in [6.07, 6.45) is 0. The first kappa shape index (κ1) is 4.99. The SMILES string of the molecule is [CH+]=C(O)C(=[CH-])O. The molecule has 0 fully saturated rings. The molecule has 0 saturated carbocycles. The third kappa shape index (κ3) is 1.32. The van der Waals surface area contributed by atoms with Gasteiger partial charge in [0, 0.05) is 0 Å². The molecule has 0 aromatic rings. The van der Waals surface area contributed by atoms with Crippen molar-refractivity contribution in [3.8, 4) is 0 Å². The van der Waals surface area contributed by atoms with E-state index in [1.807, 2.05) is 0 Å². The smallest absolute Gasteiger partial charge is 0.228 e. The number of rotatable bonds is 1. The molecule has 0 spiro atoms. The van der Waals surface area contributed by atoms with Crippen molar-refractivity contribution in [2.45, 2.75) is 0 Å². The molecular formula is C4H4O2. The fraction of sp³-hybridized carbons (Fsp3) is 0. The third-order valence-corrected chi connectivity index (χ3v) is 0.262. The molecule has 0 aliphatic heterocycles. The van der Waals surface area contributed by atoms with Crippen molar-refractivity contribution in [1.29, 1.82) is 0 Å². The van der Waals surface area contributed by atoms with Gasteiger partial charge in [0.25, 0.3) is 0 Å². The summed E-state index contributed by atoms with van der Waals surface area (Å²) in [6, 6.07) is 0. The lowest BCUT2D eigenvalue weighted by Gasteiger charge is -1.85. The quantitative estimate of drug-likeness (QED) is 0.279. The van der Waals surface area contributed by atoms with Gasteiger partial charge in [0.15, 0.2) is 0 Å². The molecule has 2 nitrogen and oxygen atoms in total. The Bertz CT molecular complexity index is 71.5. The van der Waals surface area contributed by atoms with Crippen molar-refractivity contribution in [1.82, 2.24) is 0 Å². The molecule has 0 atom stereocenters. The summed E-state index contributed by atoms with van der Waals surface area (Å²) in [6.45, 7) is 8.99. The lowest BCUT2D eigenvalue weighted by atomic mass is 10.5. The van der Waals surface area contributed by atoms with Gasteiger partial charge in [-0.2, -0.15) is 0 Å². The Balaban J connectivity index is 3.57. The molecule has 2 N–H and O–H groups in total. The minimum Gasteiger partial charge on any atom is -0.552 e. The Labute approximate surface area is 36.0 Å². The maximum absolute atomic E-state index is 7.91. The van der Waals surface area contributed by atoms with Crippen molar-refractivity contribution >= 4 is 0 Å². The molecule has 32 valence electrons. The highest BCUT2D eigenvalue weighted by Crippen LogP contribution is 1.89. The molecule has 6 heavy (non-hydrogen) atoms. The highest BCUT2D eigenvalue weighted by molar-refractivity contribution is 5.03. The van der Waals surface area contributed by atoms with E-state index in [2.05, 4.69) is 13.2 Å². The van der Waals surface area contributed by atoms with Crippen LogP contribution in [0.15, 0.2) is 11.5 Å². The zero-order valence-electron chi connectivity index (χ0n) is 3.05. The van der Waals surface area contributed by atoms with Gasteiger partial charge in [-0.15, -0.1) is 6.58 Å². The van der Waals surface area contributed by atoms with E-state index in [4.69, 9.17) is 10.2 Å². The molecule has 2 heteroatoms. The van der Waals surface area contributed by atoms with Crippen LogP contribution in [-0.2, 0) is 0 Å². The molecule has 0 bridgehead atoms. The van der Waals surface area contributed by atoms with Gasteiger partial charge in [0.1, 0.15) is 5.76 Å². The van der Waals surface area contributed by atoms with Crippen LogP contribution in [0.25, 0.3) is 0 Å². The van der Waals surface area contributed by atoms with Crippen LogP contribution in [0.3, 0.4) is 0 Å². The van der Waals surface area contributed by atoms with E-state index in [0.29, 0.717) is 0 Å². The molecule has 0 unspecified atom stereocenters. The summed E-state index contributed by atoms with van der Waals surface area (Å²) < 4.78 is 0. The Hall–Kier alpha value is -1.01. The second kappa shape index (κ2) is 1.43. The fourth-order valence-corrected chi connectivity index (χ4v) is 0. The van der Waals surface area contributed by atoms with Gasteiger partial charge in [-0.25, -0.2) is 0 Å². The predicted molar refractivity (Wildman–Crippen MR) is 20.9 cm³/mol. The Morgan fingerprint density at radius 1 is 1.50 bits per heavy atom. The molecule has 0 aromatic heterocycles. The number of aliphatic hydroxyl groups is 2. The first-order chi connectivity index (χ1) is 2.64. The minimum atomic E-state index is -0.741. The highest BCUT2D eigenvalue weighted by atomic mass is 16.3. The summed E-state index contributed by atoms with van der Waals surface area (Å²) in [4.78, 5) is 0. The standard InChI is InChI=1S/C4H4O2/c1-3(5)4(2)6/h1-2,5-6H. The van der Waals surface area contributed by atoms with Gasteiger partial charge >= 0.3 is 0 Å². The van der Waals surface area contributed by atoms with Crippen LogP contribution in [0.5, 0.6) is 0 Å². The van der Waals surface area contributed by atoms with Crippen molar-refractivity contribution in [2.24, 2.45) is 0 Å². The lowest BCUT2D eigenvalue weighted by Crippen LogP contribution is -1.78. The summed E-state index contributed by atoms with van der Waals surface area (Å²) in [5.41, 5.74) is 0. The molecule has 0 aliphatic rings. The van der Waals surface area contributed by atoms with E-state index in [9.17, 15) is 0 Å². The van der Waals surface area contributed by atoms with Crippen molar-refractivity contribution in [2.75, 3.05) is 0 Å². The first-order valence-corrected chi connectivity index (χ1v) is 1.27. The fourth-order valence-electron chi connectivity index (χ4n) is 0. The Morgan fingerprint density at radius 3 is 1.67 bits per heavy atom. The van der Waals surface area contributed by atoms with Gasteiger partial charge < -0.3 is 10.2 Å². The van der Waals surface area contributed by atoms with Gasteiger partial charge in [-0.05, 0) is 6.58 Å². The lowest BCUT2D eigenvalue weighted by molar-refractivity contribution is 0.327. The molecule has 0 radical (unpaired) electrons. The molecule has 0 aliphatic carbocycles. The average molecular weight is 84.1 g/mol. The normalized spacial score (nSPS) is 7.17. The largest absolute Gasteiger partial charge is 0.552 e. The predicted octanol–water partition coefficient (Wildman–Crippen LogP) is 0.736. The van der Waals surface area contributed by atoms with E-state index >= 15 is 0 Å². The van der Waals surface area contributed by atoms with Gasteiger partial charge in [-0.3, -0.25) is 0 Å². The van der Waals surface area contributed by atoms with Crippen molar-refractivity contribution in [3.05, 3.63) is 24.7 Å². The molecule has 0 rings (SSSR count). The zero-order valence-corrected chi connectivity index (χ0v) is 3.05. The zero-order chi connectivity index (χ0) is 5.15. The number of hydrogen-bond donors (Lipinski definition) is 2. The number of aliphatic hydroxyl groups excluding tert-OH is 2. The van der Waals surface area contributed by atoms with E-state index < -0.39 is 11.5 Å². The van der Waals surface area contributed by atoms with E-state index in [-0.39, 0.29) is 0 Å². The van der Waals surface area contributed by atoms with Crippen LogP contribution < -0.4 is 0 Å². The first-order valence-electron chi connectivity index (χ1n) is 1.27. The van der Waals surface area contributed by atoms with Crippen LogP contribution in [-0.4, -0.2) is 10.2 Å². The monoisotopic (exact) mass is 84.0 g/mol. The van der Waals surface area contributed by atoms with Crippen LogP contribution in [0.4, 0.5) is 0 Å². The average Bonchev–Trinajstić information content (AvgIpc) is 1.36. The van der Waals surface area contributed by atoms with Crippen molar-refractivity contribution in [3.63, 3.8) is 0 Å². The van der Waals surface area contributed by atoms with Crippen LogP contribution in [0, 0.1) is 13.2 Å². The van der Waals surface area contributed by atoms with Crippen molar-refractivity contribution < 1.29 is 10.2 Å². The molecule has 0 saturated heterocycles. The second-order valence-electron chi connectivity index (χ2n) is 0.770. The van der Waals surface area contributed by atoms with Crippen LogP contribution in [0.2, 0.25) is 0 Å². The van der Waals surface area contributed by atoms with Gasteiger partial charge in [0.05, 0.1) is 0 Å². The van der Waals surface area contributed by atoms with E-state index in [1.54, 1.807) is 0 Å². The van der Waals surface area contributed by atoms with E-state index in [1.165, 1.54) is 0 Å². The third-order valence-electron chi connectivity index (χ3n) is 0.262. The van der Waals surface area contributed by atoms with Crippen LogP contribution >= 0.6 is 0 Å². The summed E-state index contributed by atoms with van der Waals surface area (Å²) >= 11 is 0. The Morgan fingerprint density at radius 2 is 1.67 bits per heavy atom. The molecule has 0 aromatic carbocycles. The highest BCUT2D eigenvalue weighted by Gasteiger charge is 1.86. The van der Waals surface area contributed by atoms with Crippen LogP contribution in [0.1, 0.15) is 0 Å². The summed E-state index contributed by atoms with van der Waals surface area (Å²) in [7, 11) is 0. The Kier molecular flexibility index (Phi) is 1.19. The van der Waals surface area contributed by atoms with Gasteiger partial charge in [0.2, 0.25) is 5.76 Å². The second-order valence-corrected chi connectivity index (χ2v) is 0.770. The summed E-state index contributed by atoms with van der Waals surface area (Å²) in [5.74, 6) is -1.48.